The molecule has 3 aromatic rings. The number of carbonyl (C=O) groups excluding carboxylic acids is 3. The van der Waals surface area contributed by atoms with E-state index in [9.17, 15) is 14.4 Å². The SMILES string of the molecule is Cc1occc1C(=O)Nc1nc(CC(=O)NNC(=O)c2ccccn2)cs1. The van der Waals surface area contributed by atoms with Crippen LogP contribution in [0.4, 0.5) is 5.13 Å². The summed E-state index contributed by atoms with van der Waals surface area (Å²) in [6.45, 7) is 1.69. The summed E-state index contributed by atoms with van der Waals surface area (Å²) < 4.78 is 5.09. The second-order valence-corrected chi connectivity index (χ2v) is 6.24. The van der Waals surface area contributed by atoms with Gasteiger partial charge in [0, 0.05) is 11.6 Å². The fraction of sp³-hybridized carbons (Fsp3) is 0.118. The summed E-state index contributed by atoms with van der Waals surface area (Å²) >= 11 is 1.19. The Morgan fingerprint density at radius 2 is 2.00 bits per heavy atom. The molecule has 3 aromatic heterocycles. The minimum atomic E-state index is -0.523. The molecule has 0 aliphatic rings. The number of furan rings is 1. The zero-order valence-electron chi connectivity index (χ0n) is 14.2. The van der Waals surface area contributed by atoms with Crippen LogP contribution in [-0.4, -0.2) is 27.7 Å². The maximum Gasteiger partial charge on any atom is 0.288 e. The first-order chi connectivity index (χ1) is 13.0. The minimum absolute atomic E-state index is 0.0559. The Hall–Kier alpha value is -3.53. The van der Waals surface area contributed by atoms with Crippen molar-refractivity contribution in [3.05, 3.63) is 64.8 Å². The summed E-state index contributed by atoms with van der Waals surface area (Å²) in [5, 5.41) is 4.66. The molecule has 0 saturated heterocycles. The lowest BCUT2D eigenvalue weighted by molar-refractivity contribution is -0.121. The van der Waals surface area contributed by atoms with Gasteiger partial charge in [0.25, 0.3) is 11.8 Å². The number of carbonyl (C=O) groups is 3. The van der Waals surface area contributed by atoms with Crippen LogP contribution in [0.5, 0.6) is 0 Å². The predicted octanol–water partition coefficient (Wildman–Crippen LogP) is 1.70. The number of anilines is 1. The van der Waals surface area contributed by atoms with E-state index in [2.05, 4.69) is 26.1 Å². The van der Waals surface area contributed by atoms with Gasteiger partial charge in [-0.2, -0.15) is 0 Å². The van der Waals surface area contributed by atoms with Crippen molar-refractivity contribution in [3.63, 3.8) is 0 Å². The number of hydrogen-bond donors (Lipinski definition) is 3. The molecule has 3 N–H and O–H groups in total. The second kappa shape index (κ2) is 8.23. The second-order valence-electron chi connectivity index (χ2n) is 5.38. The Kier molecular flexibility index (Phi) is 5.57. The summed E-state index contributed by atoms with van der Waals surface area (Å²) in [7, 11) is 0. The molecule has 10 heteroatoms. The number of aryl methyl sites for hydroxylation is 1. The highest BCUT2D eigenvalue weighted by molar-refractivity contribution is 7.14. The molecule has 0 spiro atoms. The molecule has 9 nitrogen and oxygen atoms in total. The van der Waals surface area contributed by atoms with Gasteiger partial charge in [0.15, 0.2) is 5.13 Å². The van der Waals surface area contributed by atoms with Crippen LogP contribution in [0.3, 0.4) is 0 Å². The highest BCUT2D eigenvalue weighted by Gasteiger charge is 2.15. The van der Waals surface area contributed by atoms with Gasteiger partial charge in [-0.3, -0.25) is 35.5 Å². The topological polar surface area (TPSA) is 126 Å². The van der Waals surface area contributed by atoms with E-state index in [4.69, 9.17) is 4.42 Å². The van der Waals surface area contributed by atoms with Crippen molar-refractivity contribution in [1.82, 2.24) is 20.8 Å². The minimum Gasteiger partial charge on any atom is -0.469 e. The summed E-state index contributed by atoms with van der Waals surface area (Å²) in [6.07, 6.45) is 2.85. The summed E-state index contributed by atoms with van der Waals surface area (Å²) in [5.41, 5.74) is 5.64. The third-order valence-electron chi connectivity index (χ3n) is 3.43. The van der Waals surface area contributed by atoms with E-state index < -0.39 is 11.8 Å². The lowest BCUT2D eigenvalue weighted by Crippen LogP contribution is -2.42. The van der Waals surface area contributed by atoms with Crippen LogP contribution in [0.25, 0.3) is 0 Å². The summed E-state index contributed by atoms with van der Waals surface area (Å²) in [6, 6.07) is 6.44. The Labute approximate surface area is 157 Å². The number of thiazole rings is 1. The number of nitrogens with zero attached hydrogens (tertiary/aromatic N) is 2. The van der Waals surface area contributed by atoms with E-state index in [0.29, 0.717) is 22.1 Å². The molecule has 0 aliphatic heterocycles. The van der Waals surface area contributed by atoms with E-state index in [0.717, 1.165) is 0 Å². The lowest BCUT2D eigenvalue weighted by atomic mass is 10.2. The molecule has 0 bridgehead atoms. The molecule has 0 aliphatic carbocycles. The smallest absolute Gasteiger partial charge is 0.288 e. The molecule has 0 aromatic carbocycles. The predicted molar refractivity (Wildman–Crippen MR) is 97.1 cm³/mol. The third-order valence-corrected chi connectivity index (χ3v) is 4.24. The van der Waals surface area contributed by atoms with Crippen LogP contribution in [0.2, 0.25) is 0 Å². The Morgan fingerprint density at radius 3 is 2.70 bits per heavy atom. The van der Waals surface area contributed by atoms with Crippen LogP contribution >= 0.6 is 11.3 Å². The maximum absolute atomic E-state index is 12.1. The van der Waals surface area contributed by atoms with Gasteiger partial charge < -0.3 is 4.42 Å². The number of amides is 3. The van der Waals surface area contributed by atoms with Crippen molar-refractivity contribution in [1.29, 1.82) is 0 Å². The van der Waals surface area contributed by atoms with Crippen molar-refractivity contribution in [2.24, 2.45) is 0 Å². The lowest BCUT2D eigenvalue weighted by Gasteiger charge is -2.05. The molecule has 138 valence electrons. The third kappa shape index (κ3) is 4.76. The highest BCUT2D eigenvalue weighted by Crippen LogP contribution is 2.18. The van der Waals surface area contributed by atoms with Crippen molar-refractivity contribution >= 4 is 34.2 Å². The molecule has 27 heavy (non-hydrogen) atoms. The quantitative estimate of drug-likeness (QED) is 0.574. The van der Waals surface area contributed by atoms with Gasteiger partial charge in [-0.25, -0.2) is 4.98 Å². The maximum atomic E-state index is 12.1. The molecule has 3 heterocycles. The Balaban J connectivity index is 1.50. The fourth-order valence-corrected chi connectivity index (χ4v) is 2.83. The van der Waals surface area contributed by atoms with Crippen molar-refractivity contribution < 1.29 is 18.8 Å². The Morgan fingerprint density at radius 1 is 1.15 bits per heavy atom. The van der Waals surface area contributed by atoms with Gasteiger partial charge in [0.2, 0.25) is 5.91 Å². The largest absolute Gasteiger partial charge is 0.469 e. The number of pyridine rings is 1. The van der Waals surface area contributed by atoms with Crippen molar-refractivity contribution in [3.8, 4) is 0 Å². The van der Waals surface area contributed by atoms with E-state index in [1.165, 1.54) is 29.9 Å². The van der Waals surface area contributed by atoms with Gasteiger partial charge in [-0.05, 0) is 25.1 Å². The average molecular weight is 385 g/mol. The van der Waals surface area contributed by atoms with Crippen LogP contribution in [0.1, 0.15) is 32.3 Å². The van der Waals surface area contributed by atoms with Crippen molar-refractivity contribution in [2.45, 2.75) is 13.3 Å². The normalized spacial score (nSPS) is 10.3. The number of aromatic nitrogens is 2. The standard InChI is InChI=1S/C17H15N5O4S/c1-10-12(5-7-26-10)15(24)20-17-19-11(9-27-17)8-14(23)21-22-16(25)13-4-2-3-6-18-13/h2-7,9H,8H2,1H3,(H,21,23)(H,22,25)(H,19,20,24). The van der Waals surface area contributed by atoms with Crippen LogP contribution < -0.4 is 16.2 Å². The average Bonchev–Trinajstić information content (AvgIpc) is 3.29. The molecule has 3 amide bonds. The van der Waals surface area contributed by atoms with Gasteiger partial charge >= 0.3 is 0 Å². The van der Waals surface area contributed by atoms with Gasteiger partial charge in [0.05, 0.1) is 23.9 Å². The molecule has 0 saturated carbocycles. The zero-order chi connectivity index (χ0) is 19.2. The fourth-order valence-electron chi connectivity index (χ4n) is 2.13. The van der Waals surface area contributed by atoms with Gasteiger partial charge in [-0.15, -0.1) is 11.3 Å². The molecular weight excluding hydrogens is 370 g/mol. The molecule has 0 fully saturated rings. The molecule has 0 radical (unpaired) electrons. The first kappa shape index (κ1) is 18.3. The number of nitrogens with one attached hydrogen (secondary N) is 3. The first-order valence-electron chi connectivity index (χ1n) is 7.83. The number of hydrazine groups is 1. The zero-order valence-corrected chi connectivity index (χ0v) is 15.0. The summed E-state index contributed by atoms with van der Waals surface area (Å²) in [5.74, 6) is -0.805. The van der Waals surface area contributed by atoms with Crippen LogP contribution in [-0.2, 0) is 11.2 Å². The molecule has 0 atom stereocenters. The summed E-state index contributed by atoms with van der Waals surface area (Å²) in [4.78, 5) is 43.9. The van der Waals surface area contributed by atoms with Crippen LogP contribution in [0.15, 0.2) is 46.5 Å². The Bertz CT molecular complexity index is 967. The number of hydrogen-bond acceptors (Lipinski definition) is 7. The van der Waals surface area contributed by atoms with Crippen molar-refractivity contribution in [2.75, 3.05) is 5.32 Å². The highest BCUT2D eigenvalue weighted by atomic mass is 32.1. The van der Waals surface area contributed by atoms with Gasteiger partial charge in [0.1, 0.15) is 11.5 Å². The van der Waals surface area contributed by atoms with Gasteiger partial charge in [-0.1, -0.05) is 6.07 Å². The van der Waals surface area contributed by atoms with E-state index in [-0.39, 0.29) is 18.0 Å². The molecule has 3 rings (SSSR count). The van der Waals surface area contributed by atoms with E-state index >= 15 is 0 Å². The first-order valence-corrected chi connectivity index (χ1v) is 8.71. The molecule has 0 unspecified atom stereocenters. The number of rotatable bonds is 5. The monoisotopic (exact) mass is 385 g/mol. The van der Waals surface area contributed by atoms with E-state index in [1.807, 2.05) is 0 Å². The molecular formula is C17H15N5O4S. The van der Waals surface area contributed by atoms with E-state index in [1.54, 1.807) is 30.5 Å². The van der Waals surface area contributed by atoms with Crippen LogP contribution in [0, 0.1) is 6.92 Å².